The topological polar surface area (TPSA) is 74.8 Å². The molecule has 2 aromatic heterocycles. The zero-order valence-corrected chi connectivity index (χ0v) is 31.3. The number of nitrogens with zero attached hydrogens (tertiary/aromatic N) is 3. The van der Waals surface area contributed by atoms with E-state index in [4.69, 9.17) is 28.4 Å². The average molecular weight is 710 g/mol. The minimum absolute atomic E-state index is 0.427. The first-order valence-corrected chi connectivity index (χ1v) is 17.9. The van der Waals surface area contributed by atoms with Crippen molar-refractivity contribution in [2.75, 3.05) is 60.6 Å². The zero-order chi connectivity index (χ0) is 35.9. The Balaban J connectivity index is 1.17. The minimum Gasteiger partial charge on any atom is -0.493 e. The van der Waals surface area contributed by atoms with Gasteiger partial charge in [0, 0.05) is 44.0 Å². The van der Waals surface area contributed by atoms with Crippen LogP contribution in [-0.4, -0.2) is 71.7 Å². The van der Waals surface area contributed by atoms with E-state index in [1.54, 1.807) is 42.7 Å². The van der Waals surface area contributed by atoms with Crippen molar-refractivity contribution in [3.63, 3.8) is 0 Å². The van der Waals surface area contributed by atoms with Crippen LogP contribution in [0.5, 0.6) is 34.5 Å². The van der Waals surface area contributed by atoms with Crippen LogP contribution >= 0.6 is 11.3 Å². The number of benzene rings is 3. The fraction of sp³-hybridized carbons (Fsp3) is 0.341. The smallest absolute Gasteiger partial charge is 0.203 e. The minimum atomic E-state index is 0.427. The van der Waals surface area contributed by atoms with Gasteiger partial charge >= 0.3 is 0 Å². The van der Waals surface area contributed by atoms with Crippen molar-refractivity contribution < 1.29 is 28.4 Å². The lowest BCUT2D eigenvalue weighted by atomic mass is 9.99. The second-order valence-electron chi connectivity index (χ2n) is 12.7. The molecular weight excluding hydrogens is 663 g/mol. The first-order valence-electron chi connectivity index (χ1n) is 17.1. The van der Waals surface area contributed by atoms with Crippen molar-refractivity contribution in [2.45, 2.75) is 38.9 Å². The highest BCUT2D eigenvalue weighted by Gasteiger charge is 2.27. The molecule has 6 rings (SSSR count). The van der Waals surface area contributed by atoms with Crippen molar-refractivity contribution in [3.05, 3.63) is 95.0 Å². The zero-order valence-electron chi connectivity index (χ0n) is 30.5. The van der Waals surface area contributed by atoms with Crippen molar-refractivity contribution >= 4 is 16.3 Å². The number of ether oxygens (including phenoxy) is 6. The van der Waals surface area contributed by atoms with Crippen LogP contribution in [0.15, 0.2) is 78.3 Å². The molecule has 1 aliphatic heterocycles. The Morgan fingerprint density at radius 2 is 1.29 bits per heavy atom. The molecule has 0 amide bonds. The molecule has 0 bridgehead atoms. The maximum atomic E-state index is 5.64. The van der Waals surface area contributed by atoms with E-state index >= 15 is 0 Å². The van der Waals surface area contributed by atoms with E-state index in [0.29, 0.717) is 40.5 Å². The fourth-order valence-corrected chi connectivity index (χ4v) is 7.83. The van der Waals surface area contributed by atoms with Crippen LogP contribution < -0.4 is 33.3 Å². The largest absolute Gasteiger partial charge is 0.493 e. The predicted octanol–water partition coefficient (Wildman–Crippen LogP) is 8.51. The Kier molecular flexibility index (Phi) is 11.5. The van der Waals surface area contributed by atoms with Gasteiger partial charge in [-0.3, -0.25) is 9.88 Å². The summed E-state index contributed by atoms with van der Waals surface area (Å²) in [4.78, 5) is 9.83. The number of aryl methyl sites for hydroxylation is 1. The summed E-state index contributed by atoms with van der Waals surface area (Å²) in [7, 11) is 9.79. The molecule has 51 heavy (non-hydrogen) atoms. The third-order valence-corrected chi connectivity index (χ3v) is 10.6. The molecule has 1 fully saturated rings. The first kappa shape index (κ1) is 35.9. The molecular formula is C41H47N3O6S. The predicted molar refractivity (Wildman–Crippen MR) is 204 cm³/mol. The summed E-state index contributed by atoms with van der Waals surface area (Å²) in [5.41, 5.74) is 7.68. The average Bonchev–Trinajstić information content (AvgIpc) is 3.61. The summed E-state index contributed by atoms with van der Waals surface area (Å²) in [5.74, 6) is 3.67. The van der Waals surface area contributed by atoms with Gasteiger partial charge in [-0.1, -0.05) is 18.2 Å². The van der Waals surface area contributed by atoms with Gasteiger partial charge in [-0.2, -0.15) is 0 Å². The summed E-state index contributed by atoms with van der Waals surface area (Å²) in [5, 5.41) is 3.56. The monoisotopic (exact) mass is 709 g/mol. The highest BCUT2D eigenvalue weighted by molar-refractivity contribution is 7.14. The molecule has 0 saturated carbocycles. The van der Waals surface area contributed by atoms with Crippen LogP contribution in [-0.2, 0) is 13.1 Å². The molecule has 0 N–H and O–H groups in total. The van der Waals surface area contributed by atoms with E-state index in [0.717, 1.165) is 61.4 Å². The van der Waals surface area contributed by atoms with Gasteiger partial charge in [0.25, 0.3) is 0 Å². The van der Waals surface area contributed by atoms with Crippen LogP contribution in [0.1, 0.15) is 29.5 Å². The quantitative estimate of drug-likeness (QED) is 0.113. The number of anilines is 1. The first-order chi connectivity index (χ1) is 24.9. The standard InChI is InChI=1S/C41H47N3O6S/c1-27-17-39(51-26-27)44(25-28-9-8-10-30(18-28)31-20-35(45-2)40(49-6)36(21-31)46-3)33-12-15-43(16-13-33)24-29-11-14-42-34(19-29)32-22-37(47-4)41(50-7)38(23-32)48-5/h8-11,14,17-23,26,33H,12-13,15-16,24-25H2,1-7H3. The van der Waals surface area contributed by atoms with E-state index in [9.17, 15) is 0 Å². The number of hydrogen-bond acceptors (Lipinski definition) is 10. The highest BCUT2D eigenvalue weighted by atomic mass is 32.1. The fourth-order valence-electron chi connectivity index (χ4n) is 6.85. The van der Waals surface area contributed by atoms with Gasteiger partial charge in [-0.25, -0.2) is 0 Å². The third-order valence-electron chi connectivity index (χ3n) is 9.47. The normalized spacial score (nSPS) is 13.5. The Labute approximate surface area is 305 Å². The molecule has 10 heteroatoms. The van der Waals surface area contributed by atoms with E-state index in [1.807, 2.05) is 41.8 Å². The number of hydrogen-bond donors (Lipinski definition) is 0. The molecule has 3 heterocycles. The van der Waals surface area contributed by atoms with Crippen molar-refractivity contribution in [1.82, 2.24) is 9.88 Å². The third kappa shape index (κ3) is 8.02. The summed E-state index contributed by atoms with van der Waals surface area (Å²) in [6.45, 7) is 5.89. The molecule has 0 atom stereocenters. The number of methoxy groups -OCH3 is 6. The highest BCUT2D eigenvalue weighted by Crippen LogP contribution is 2.42. The Hall–Kier alpha value is -4.93. The van der Waals surface area contributed by atoms with Crippen LogP contribution in [0.4, 0.5) is 5.00 Å². The Bertz CT molecular complexity index is 1890. The second kappa shape index (κ2) is 16.4. The lowest BCUT2D eigenvalue weighted by Gasteiger charge is -2.39. The van der Waals surface area contributed by atoms with Crippen LogP contribution in [0, 0.1) is 6.92 Å². The van der Waals surface area contributed by atoms with E-state index < -0.39 is 0 Å². The Morgan fingerprint density at radius 3 is 1.84 bits per heavy atom. The number of likely N-dealkylation sites (tertiary alicyclic amines) is 1. The van der Waals surface area contributed by atoms with E-state index in [-0.39, 0.29) is 0 Å². The molecule has 9 nitrogen and oxygen atoms in total. The molecule has 0 unspecified atom stereocenters. The number of rotatable bonds is 14. The number of aromatic nitrogens is 1. The number of pyridine rings is 1. The van der Waals surface area contributed by atoms with E-state index in [1.165, 1.54) is 21.7 Å². The van der Waals surface area contributed by atoms with Gasteiger partial charge in [0.2, 0.25) is 11.5 Å². The maximum absolute atomic E-state index is 5.64. The molecule has 0 aliphatic carbocycles. The lowest BCUT2D eigenvalue weighted by Crippen LogP contribution is -2.44. The molecule has 5 aromatic rings. The Morgan fingerprint density at radius 1 is 0.686 bits per heavy atom. The van der Waals surface area contributed by atoms with Crippen molar-refractivity contribution in [1.29, 1.82) is 0 Å². The summed E-state index contributed by atoms with van der Waals surface area (Å²) in [6.07, 6.45) is 4.04. The van der Waals surface area contributed by atoms with Crippen LogP contribution in [0.2, 0.25) is 0 Å². The van der Waals surface area contributed by atoms with Gasteiger partial charge in [0.05, 0.1) is 53.4 Å². The van der Waals surface area contributed by atoms with Gasteiger partial charge in [0.15, 0.2) is 23.0 Å². The molecule has 0 spiro atoms. The molecule has 1 aliphatic rings. The molecule has 1 saturated heterocycles. The maximum Gasteiger partial charge on any atom is 0.203 e. The molecule has 268 valence electrons. The van der Waals surface area contributed by atoms with Gasteiger partial charge in [-0.15, -0.1) is 11.3 Å². The van der Waals surface area contributed by atoms with Crippen molar-refractivity contribution in [2.24, 2.45) is 0 Å². The van der Waals surface area contributed by atoms with Crippen molar-refractivity contribution in [3.8, 4) is 56.9 Å². The number of piperidine rings is 1. The molecule has 0 radical (unpaired) electrons. The summed E-state index contributed by atoms with van der Waals surface area (Å²) >= 11 is 1.83. The SMILES string of the molecule is COc1cc(-c2cccc(CN(c3cc(C)cs3)C3CCN(Cc4ccnc(-c5cc(OC)c(OC)c(OC)c5)c4)CC3)c2)cc(OC)c1OC. The second-order valence-corrected chi connectivity index (χ2v) is 13.6. The van der Waals surface area contributed by atoms with Crippen LogP contribution in [0.3, 0.4) is 0 Å². The number of thiophene rings is 1. The van der Waals surface area contributed by atoms with Gasteiger partial charge in [0.1, 0.15) is 0 Å². The van der Waals surface area contributed by atoms with Crippen LogP contribution in [0.25, 0.3) is 22.4 Å². The summed E-state index contributed by atoms with van der Waals surface area (Å²) < 4.78 is 33.5. The lowest BCUT2D eigenvalue weighted by molar-refractivity contribution is 0.201. The van der Waals surface area contributed by atoms with E-state index in [2.05, 4.69) is 69.6 Å². The summed E-state index contributed by atoms with van der Waals surface area (Å²) in [6, 6.07) is 23.7. The molecule has 3 aromatic carbocycles. The van der Waals surface area contributed by atoms with Gasteiger partial charge in [-0.05, 0) is 101 Å². The van der Waals surface area contributed by atoms with Gasteiger partial charge < -0.3 is 33.3 Å².